The Hall–Kier alpha value is -2.32. The van der Waals surface area contributed by atoms with Crippen molar-refractivity contribution in [2.24, 2.45) is 0 Å². The first-order chi connectivity index (χ1) is 14.1. The molecule has 3 amide bonds. The Balaban J connectivity index is 1.44. The van der Waals surface area contributed by atoms with Gasteiger partial charge in [-0.25, -0.2) is 9.59 Å². The second-order valence-corrected chi connectivity index (χ2v) is 9.46. The Kier molecular flexibility index (Phi) is 5.18. The van der Waals surface area contributed by atoms with Crippen LogP contribution in [0.3, 0.4) is 0 Å². The molecule has 1 aromatic carbocycles. The zero-order chi connectivity index (χ0) is 21.7. The number of aliphatic hydroxyl groups is 1. The lowest BCUT2D eigenvalue weighted by Gasteiger charge is -2.36. The van der Waals surface area contributed by atoms with Crippen molar-refractivity contribution in [3.05, 3.63) is 29.8 Å². The molecule has 1 saturated carbocycles. The first-order valence-corrected chi connectivity index (χ1v) is 10.5. The van der Waals surface area contributed by atoms with E-state index in [-0.39, 0.29) is 23.6 Å². The number of rotatable bonds is 4. The van der Waals surface area contributed by atoms with E-state index in [1.165, 1.54) is 7.11 Å². The normalized spacial score (nSPS) is 24.0. The minimum atomic E-state index is -0.815. The van der Waals surface area contributed by atoms with Gasteiger partial charge < -0.3 is 24.4 Å². The minimum Gasteiger partial charge on any atom is -0.444 e. The van der Waals surface area contributed by atoms with Gasteiger partial charge >= 0.3 is 12.1 Å². The van der Waals surface area contributed by atoms with Crippen LogP contribution in [0.25, 0.3) is 0 Å². The van der Waals surface area contributed by atoms with E-state index >= 15 is 0 Å². The number of hydrogen-bond acceptors (Lipinski definition) is 5. The Labute approximate surface area is 177 Å². The molecule has 0 bridgehead atoms. The lowest BCUT2D eigenvalue weighted by Crippen LogP contribution is -2.54. The Bertz CT molecular complexity index is 815. The third-order valence-electron chi connectivity index (χ3n) is 6.24. The van der Waals surface area contributed by atoms with Gasteiger partial charge in [-0.2, -0.15) is 0 Å². The van der Waals surface area contributed by atoms with Gasteiger partial charge in [0.1, 0.15) is 5.60 Å². The van der Waals surface area contributed by atoms with Gasteiger partial charge in [-0.05, 0) is 51.3 Å². The minimum absolute atomic E-state index is 0.0327. The number of hydrogen-bond donors (Lipinski definition) is 1. The van der Waals surface area contributed by atoms with Crippen LogP contribution in [-0.4, -0.2) is 78.3 Å². The van der Waals surface area contributed by atoms with Crippen molar-refractivity contribution in [2.75, 3.05) is 38.2 Å². The summed E-state index contributed by atoms with van der Waals surface area (Å²) in [7, 11) is 1.51. The molecule has 2 heterocycles. The molecule has 0 radical (unpaired) electrons. The molecule has 164 valence electrons. The van der Waals surface area contributed by atoms with E-state index in [0.29, 0.717) is 26.2 Å². The van der Waals surface area contributed by atoms with E-state index < -0.39 is 11.9 Å². The summed E-state index contributed by atoms with van der Waals surface area (Å²) in [6.07, 6.45) is 0.633. The Morgan fingerprint density at radius 3 is 2.40 bits per heavy atom. The molecule has 0 aromatic heterocycles. The third-order valence-corrected chi connectivity index (χ3v) is 6.24. The number of urea groups is 1. The van der Waals surface area contributed by atoms with Gasteiger partial charge in [0.05, 0.1) is 6.04 Å². The summed E-state index contributed by atoms with van der Waals surface area (Å²) in [4.78, 5) is 30.7. The maximum Gasteiger partial charge on any atom is 0.410 e. The van der Waals surface area contributed by atoms with Crippen LogP contribution >= 0.6 is 0 Å². The molecule has 1 N–H and O–H groups in total. The number of amides is 3. The van der Waals surface area contributed by atoms with Crippen LogP contribution in [0.1, 0.15) is 39.2 Å². The molecule has 8 nitrogen and oxygen atoms in total. The van der Waals surface area contributed by atoms with Crippen LogP contribution in [-0.2, 0) is 14.9 Å². The van der Waals surface area contributed by atoms with Gasteiger partial charge in [-0.3, -0.25) is 4.90 Å². The molecule has 8 heteroatoms. The van der Waals surface area contributed by atoms with Crippen LogP contribution in [0.4, 0.5) is 15.3 Å². The highest BCUT2D eigenvalue weighted by atomic mass is 16.6. The van der Waals surface area contributed by atoms with Crippen LogP contribution in [0.15, 0.2) is 24.3 Å². The summed E-state index contributed by atoms with van der Waals surface area (Å²) in [6.45, 7) is 7.53. The summed E-state index contributed by atoms with van der Waals surface area (Å²) >= 11 is 0. The van der Waals surface area contributed by atoms with E-state index in [9.17, 15) is 14.7 Å². The largest absolute Gasteiger partial charge is 0.444 e. The molecule has 4 rings (SSSR count). The fourth-order valence-electron chi connectivity index (χ4n) is 4.43. The summed E-state index contributed by atoms with van der Waals surface area (Å²) < 4.78 is 10.6. The zero-order valence-electron chi connectivity index (χ0n) is 18.1. The summed E-state index contributed by atoms with van der Waals surface area (Å²) in [5.74, 6) is 0. The number of methoxy groups -OCH3 is 1. The fraction of sp³-hybridized carbons (Fsp3) is 0.636. The van der Waals surface area contributed by atoms with Gasteiger partial charge in [0.15, 0.2) is 6.29 Å². The molecule has 2 saturated heterocycles. The Morgan fingerprint density at radius 2 is 1.83 bits per heavy atom. The number of fused-ring (bicyclic) bond motifs is 1. The second kappa shape index (κ2) is 7.42. The Morgan fingerprint density at radius 1 is 1.17 bits per heavy atom. The van der Waals surface area contributed by atoms with Crippen molar-refractivity contribution in [3.63, 3.8) is 0 Å². The number of carbonyl (C=O) groups is 2. The predicted octanol–water partition coefficient (Wildman–Crippen LogP) is 2.54. The van der Waals surface area contributed by atoms with Crippen molar-refractivity contribution < 1.29 is 24.2 Å². The fourth-order valence-corrected chi connectivity index (χ4v) is 4.43. The molecule has 0 spiro atoms. The highest BCUT2D eigenvalue weighted by Gasteiger charge is 2.51. The molecule has 1 aromatic rings. The molecule has 1 unspecified atom stereocenters. The molecule has 30 heavy (non-hydrogen) atoms. The van der Waals surface area contributed by atoms with Crippen LogP contribution in [0.5, 0.6) is 0 Å². The monoisotopic (exact) mass is 417 g/mol. The summed E-state index contributed by atoms with van der Waals surface area (Å²) in [5.41, 5.74) is 0.988. The first-order valence-electron chi connectivity index (χ1n) is 10.5. The standard InChI is InChI=1S/C22H31N3O5/c1-21(2,3)30-20(28)23-11-12-24-17(13-23)14-25(19(24)27)16-7-5-15(6-8-16)22(9-10-22)18(26)29-4/h5-8,17-18,26H,9-14H2,1-4H3/t17-,18?/m0/s1. The molecule has 3 aliphatic rings. The second-order valence-electron chi connectivity index (χ2n) is 9.46. The maximum atomic E-state index is 13.0. The average Bonchev–Trinajstić information content (AvgIpc) is 3.45. The highest BCUT2D eigenvalue weighted by molar-refractivity contribution is 5.95. The van der Waals surface area contributed by atoms with Crippen LogP contribution in [0, 0.1) is 0 Å². The lowest BCUT2D eigenvalue weighted by molar-refractivity contribution is -0.0997. The predicted molar refractivity (Wildman–Crippen MR) is 111 cm³/mol. The molecule has 2 aliphatic heterocycles. The van der Waals surface area contributed by atoms with Crippen molar-refractivity contribution in [1.82, 2.24) is 9.80 Å². The highest BCUT2D eigenvalue weighted by Crippen LogP contribution is 2.51. The van der Waals surface area contributed by atoms with E-state index in [1.54, 1.807) is 9.80 Å². The average molecular weight is 418 g/mol. The first kappa shape index (κ1) is 20.9. The van der Waals surface area contributed by atoms with Gasteiger partial charge in [-0.1, -0.05) is 12.1 Å². The van der Waals surface area contributed by atoms with Gasteiger partial charge in [0, 0.05) is 44.4 Å². The molecule has 3 fully saturated rings. The number of piperazine rings is 1. The smallest absolute Gasteiger partial charge is 0.410 e. The number of carbonyl (C=O) groups excluding carboxylic acids is 2. The van der Waals surface area contributed by atoms with Crippen molar-refractivity contribution in [3.8, 4) is 0 Å². The van der Waals surface area contributed by atoms with Crippen molar-refractivity contribution >= 4 is 17.8 Å². The third kappa shape index (κ3) is 3.74. The number of benzene rings is 1. The topological polar surface area (TPSA) is 82.6 Å². The van der Waals surface area contributed by atoms with Gasteiger partial charge in [0.2, 0.25) is 0 Å². The van der Waals surface area contributed by atoms with E-state index in [1.807, 2.05) is 49.9 Å². The van der Waals surface area contributed by atoms with Crippen LogP contribution < -0.4 is 4.90 Å². The van der Waals surface area contributed by atoms with Crippen LogP contribution in [0.2, 0.25) is 0 Å². The number of anilines is 1. The van der Waals surface area contributed by atoms with Crippen molar-refractivity contribution in [2.45, 2.75) is 57.0 Å². The van der Waals surface area contributed by atoms with E-state index in [4.69, 9.17) is 9.47 Å². The summed E-state index contributed by atoms with van der Waals surface area (Å²) in [6, 6.07) is 7.72. The number of nitrogens with zero attached hydrogens (tertiary/aromatic N) is 3. The lowest BCUT2D eigenvalue weighted by atomic mass is 9.95. The van der Waals surface area contributed by atoms with E-state index in [2.05, 4.69) is 0 Å². The molecular weight excluding hydrogens is 386 g/mol. The molecular formula is C22H31N3O5. The molecule has 1 aliphatic carbocycles. The SMILES string of the molecule is COC(O)C1(c2ccc(N3C[C@@H]4CN(C(=O)OC(C)(C)C)CCN4C3=O)cc2)CC1. The zero-order valence-corrected chi connectivity index (χ0v) is 18.1. The van der Waals surface area contributed by atoms with Gasteiger partial charge in [-0.15, -0.1) is 0 Å². The quantitative estimate of drug-likeness (QED) is 0.762. The number of aliphatic hydroxyl groups excluding tert-OH is 1. The number of ether oxygens (including phenoxy) is 2. The summed E-state index contributed by atoms with van der Waals surface area (Å²) in [5, 5.41) is 10.2. The van der Waals surface area contributed by atoms with Gasteiger partial charge in [0.25, 0.3) is 0 Å². The maximum absolute atomic E-state index is 13.0. The van der Waals surface area contributed by atoms with Crippen molar-refractivity contribution in [1.29, 1.82) is 0 Å². The van der Waals surface area contributed by atoms with E-state index in [0.717, 1.165) is 24.1 Å². The molecule has 2 atom stereocenters.